The summed E-state index contributed by atoms with van der Waals surface area (Å²) in [4.78, 5) is 13.2. The van der Waals surface area contributed by atoms with E-state index in [1.54, 1.807) is 6.07 Å². The molecule has 7 nitrogen and oxygen atoms in total. The number of aromatic amines is 1. The first kappa shape index (κ1) is 12.1. The molecule has 94 valence electrons. The molecule has 1 aromatic rings. The second-order valence-corrected chi connectivity index (χ2v) is 5.97. The summed E-state index contributed by atoms with van der Waals surface area (Å²) in [5, 5.41) is 11.7. The second kappa shape index (κ2) is 4.11. The third-order valence-electron chi connectivity index (χ3n) is 2.64. The Labute approximate surface area is 99.0 Å². The number of aromatic nitrogens is 2. The lowest BCUT2D eigenvalue weighted by molar-refractivity contribution is -0.117. The zero-order valence-corrected chi connectivity index (χ0v) is 10.2. The predicted molar refractivity (Wildman–Crippen MR) is 61.8 cm³/mol. The summed E-state index contributed by atoms with van der Waals surface area (Å²) in [6, 6.07) is 1.75. The number of nitrogens with one attached hydrogen (secondary N) is 1. The fraction of sp³-hybridized carbons (Fsp3) is 0.556. The normalized spacial score (nSPS) is 21.2. The Hall–Kier alpha value is -1.41. The van der Waals surface area contributed by atoms with Crippen molar-refractivity contribution in [2.75, 3.05) is 17.2 Å². The fourth-order valence-corrected chi connectivity index (χ4v) is 2.87. The van der Waals surface area contributed by atoms with Crippen LogP contribution in [0.15, 0.2) is 6.07 Å². The molecule has 0 aromatic carbocycles. The highest BCUT2D eigenvalue weighted by Crippen LogP contribution is 2.24. The van der Waals surface area contributed by atoms with Crippen LogP contribution in [0.4, 0.5) is 5.82 Å². The molecule has 1 saturated heterocycles. The fourth-order valence-electron chi connectivity index (χ4n) is 1.99. The minimum Gasteiger partial charge on any atom is -0.295 e. The molecule has 2 rings (SSSR count). The molecule has 0 bridgehead atoms. The molecule has 0 radical (unpaired) electrons. The number of anilines is 1. The molecule has 2 heterocycles. The van der Waals surface area contributed by atoms with Gasteiger partial charge in [-0.3, -0.25) is 14.8 Å². The van der Waals surface area contributed by atoms with Gasteiger partial charge in [-0.25, -0.2) is 13.6 Å². The van der Waals surface area contributed by atoms with Gasteiger partial charge in [-0.05, 0) is 6.92 Å². The molecule has 8 heteroatoms. The van der Waals surface area contributed by atoms with E-state index < -0.39 is 10.0 Å². The van der Waals surface area contributed by atoms with E-state index in [0.29, 0.717) is 12.4 Å². The summed E-state index contributed by atoms with van der Waals surface area (Å²) in [5.74, 6) is -0.0115. The van der Waals surface area contributed by atoms with Crippen molar-refractivity contribution >= 4 is 21.7 Å². The molecular weight excluding hydrogens is 244 g/mol. The summed E-state index contributed by atoms with van der Waals surface area (Å²) in [6.07, 6.45) is 0.197. The van der Waals surface area contributed by atoms with Crippen molar-refractivity contribution in [1.29, 1.82) is 0 Å². The lowest BCUT2D eigenvalue weighted by Gasteiger charge is -2.12. The summed E-state index contributed by atoms with van der Waals surface area (Å²) in [5.41, 5.74) is 0.850. The topological polar surface area (TPSA) is 109 Å². The van der Waals surface area contributed by atoms with Crippen LogP contribution in [0.25, 0.3) is 0 Å². The number of H-pyrrole nitrogens is 1. The van der Waals surface area contributed by atoms with Crippen LogP contribution in [0.5, 0.6) is 0 Å². The van der Waals surface area contributed by atoms with Gasteiger partial charge in [0, 0.05) is 30.6 Å². The highest BCUT2D eigenvalue weighted by molar-refractivity contribution is 7.89. The molecule has 1 aliphatic heterocycles. The van der Waals surface area contributed by atoms with Gasteiger partial charge in [0.15, 0.2) is 5.82 Å². The number of aryl methyl sites for hydroxylation is 1. The van der Waals surface area contributed by atoms with E-state index in [9.17, 15) is 13.2 Å². The van der Waals surface area contributed by atoms with Crippen LogP contribution in [-0.4, -0.2) is 36.8 Å². The number of amides is 1. The van der Waals surface area contributed by atoms with E-state index in [4.69, 9.17) is 5.14 Å². The highest BCUT2D eigenvalue weighted by Gasteiger charge is 2.33. The van der Waals surface area contributed by atoms with Crippen molar-refractivity contribution in [3.8, 4) is 0 Å². The molecule has 3 N–H and O–H groups in total. The van der Waals surface area contributed by atoms with E-state index in [1.165, 1.54) is 4.90 Å². The molecule has 1 amide bonds. The Morgan fingerprint density at radius 3 is 2.88 bits per heavy atom. The number of primary sulfonamides is 1. The average molecular weight is 258 g/mol. The van der Waals surface area contributed by atoms with Crippen molar-refractivity contribution in [3.05, 3.63) is 11.8 Å². The minimum absolute atomic E-state index is 0.120. The van der Waals surface area contributed by atoms with E-state index in [-0.39, 0.29) is 24.0 Å². The molecule has 1 atom stereocenters. The maximum Gasteiger partial charge on any atom is 0.228 e. The predicted octanol–water partition coefficient (Wildman–Crippen LogP) is -0.640. The zero-order valence-electron chi connectivity index (χ0n) is 9.38. The van der Waals surface area contributed by atoms with Gasteiger partial charge in [0.05, 0.1) is 5.75 Å². The first-order valence-corrected chi connectivity index (χ1v) is 6.89. The van der Waals surface area contributed by atoms with Crippen molar-refractivity contribution in [3.63, 3.8) is 0 Å². The van der Waals surface area contributed by atoms with E-state index in [0.717, 1.165) is 5.69 Å². The average Bonchev–Trinajstić information content (AvgIpc) is 2.70. The van der Waals surface area contributed by atoms with Gasteiger partial charge in [-0.1, -0.05) is 0 Å². The van der Waals surface area contributed by atoms with Gasteiger partial charge in [-0.15, -0.1) is 0 Å². The Morgan fingerprint density at radius 1 is 1.65 bits per heavy atom. The van der Waals surface area contributed by atoms with Crippen molar-refractivity contribution in [2.45, 2.75) is 13.3 Å². The lowest BCUT2D eigenvalue weighted by Crippen LogP contribution is -2.27. The number of sulfonamides is 1. The number of hydrogen-bond donors (Lipinski definition) is 2. The number of hydrogen-bond acceptors (Lipinski definition) is 4. The highest BCUT2D eigenvalue weighted by atomic mass is 32.2. The molecule has 0 aliphatic carbocycles. The first-order chi connectivity index (χ1) is 7.85. The molecule has 0 saturated carbocycles. The zero-order chi connectivity index (χ0) is 12.6. The number of rotatable bonds is 3. The molecule has 1 unspecified atom stereocenters. The third-order valence-corrected chi connectivity index (χ3v) is 3.58. The molecule has 1 aromatic heterocycles. The number of carbonyl (C=O) groups excluding carboxylic acids is 1. The number of carbonyl (C=O) groups is 1. The van der Waals surface area contributed by atoms with Gasteiger partial charge in [0.2, 0.25) is 15.9 Å². The van der Waals surface area contributed by atoms with Crippen LogP contribution in [0.3, 0.4) is 0 Å². The van der Waals surface area contributed by atoms with Gasteiger partial charge >= 0.3 is 0 Å². The summed E-state index contributed by atoms with van der Waals surface area (Å²) in [7, 11) is -3.54. The van der Waals surface area contributed by atoms with Crippen LogP contribution in [-0.2, 0) is 14.8 Å². The lowest BCUT2D eigenvalue weighted by atomic mass is 10.1. The minimum atomic E-state index is -3.54. The van der Waals surface area contributed by atoms with Crippen molar-refractivity contribution in [1.82, 2.24) is 10.2 Å². The summed E-state index contributed by atoms with van der Waals surface area (Å²) < 4.78 is 21.9. The smallest absolute Gasteiger partial charge is 0.228 e. The van der Waals surface area contributed by atoms with E-state index in [2.05, 4.69) is 10.2 Å². The Morgan fingerprint density at radius 2 is 2.35 bits per heavy atom. The van der Waals surface area contributed by atoms with Crippen LogP contribution >= 0.6 is 0 Å². The van der Waals surface area contributed by atoms with Crippen LogP contribution in [0, 0.1) is 12.8 Å². The van der Waals surface area contributed by atoms with E-state index in [1.807, 2.05) is 6.92 Å². The SMILES string of the molecule is Cc1cc(N2CC(CS(N)(=O)=O)CC2=O)n[nH]1. The standard InChI is InChI=1S/C9H14N4O3S/c1-6-2-8(12-11-6)13-4-7(3-9(13)14)5-17(10,15)16/h2,7H,3-5H2,1H3,(H,11,12)(H2,10,15,16). The molecule has 0 spiro atoms. The van der Waals surface area contributed by atoms with Gasteiger partial charge in [-0.2, -0.15) is 5.10 Å². The Balaban J connectivity index is 2.10. The molecule has 1 fully saturated rings. The van der Waals surface area contributed by atoms with Crippen LogP contribution in [0.2, 0.25) is 0 Å². The quantitative estimate of drug-likeness (QED) is 0.751. The second-order valence-electron chi connectivity index (χ2n) is 4.31. The van der Waals surface area contributed by atoms with Gasteiger partial charge < -0.3 is 0 Å². The van der Waals surface area contributed by atoms with Gasteiger partial charge in [0.25, 0.3) is 0 Å². The molecular formula is C9H14N4O3S. The summed E-state index contributed by atoms with van der Waals surface area (Å²) in [6.45, 7) is 2.18. The van der Waals surface area contributed by atoms with Crippen molar-refractivity contribution in [2.24, 2.45) is 11.1 Å². The number of nitrogens with two attached hydrogens (primary N) is 1. The Bertz CT molecular complexity index is 536. The third kappa shape index (κ3) is 2.83. The molecule has 17 heavy (non-hydrogen) atoms. The monoisotopic (exact) mass is 258 g/mol. The Kier molecular flexibility index (Phi) is 2.92. The maximum absolute atomic E-state index is 11.7. The maximum atomic E-state index is 11.7. The van der Waals surface area contributed by atoms with Crippen LogP contribution in [0.1, 0.15) is 12.1 Å². The molecule has 1 aliphatic rings. The first-order valence-electron chi connectivity index (χ1n) is 5.18. The van der Waals surface area contributed by atoms with Crippen molar-refractivity contribution < 1.29 is 13.2 Å². The van der Waals surface area contributed by atoms with E-state index >= 15 is 0 Å². The number of nitrogens with zero attached hydrogens (tertiary/aromatic N) is 2. The largest absolute Gasteiger partial charge is 0.295 e. The summed E-state index contributed by atoms with van der Waals surface area (Å²) >= 11 is 0. The van der Waals surface area contributed by atoms with Gasteiger partial charge in [0.1, 0.15) is 0 Å². The van der Waals surface area contributed by atoms with Crippen LogP contribution < -0.4 is 10.0 Å².